The van der Waals surface area contributed by atoms with Gasteiger partial charge in [-0.1, -0.05) is 12.8 Å². The first-order chi connectivity index (χ1) is 13.8. The number of nitrogens with one attached hydrogen (secondary N) is 1. The van der Waals surface area contributed by atoms with Crippen LogP contribution >= 0.6 is 0 Å². The Morgan fingerprint density at radius 1 is 1.03 bits per heavy atom. The molecule has 0 aliphatic heterocycles. The second kappa shape index (κ2) is 8.99. The van der Waals surface area contributed by atoms with Gasteiger partial charge in [0.25, 0.3) is 5.91 Å². The average Bonchev–Trinajstić information content (AvgIpc) is 3.25. The number of benzene rings is 2. The predicted molar refractivity (Wildman–Crippen MR) is 118 cm³/mol. The largest absolute Gasteiger partial charge is 0.369 e. The summed E-state index contributed by atoms with van der Waals surface area (Å²) >= 11 is 0. The maximum absolute atomic E-state index is 12.7. The molecule has 29 heavy (non-hydrogen) atoms. The molecular formula is C23H30N2O3S. The van der Waals surface area contributed by atoms with E-state index in [9.17, 15) is 13.2 Å². The van der Waals surface area contributed by atoms with Crippen molar-refractivity contribution >= 4 is 27.1 Å². The maximum Gasteiger partial charge on any atom is 0.255 e. The summed E-state index contributed by atoms with van der Waals surface area (Å²) in [7, 11) is -3.28. The van der Waals surface area contributed by atoms with Gasteiger partial charge in [-0.05, 0) is 82.1 Å². The number of anilines is 2. The number of carbonyl (C=O) groups excluding carboxylic acids is 1. The summed E-state index contributed by atoms with van der Waals surface area (Å²) in [5, 5.41) is 2.58. The van der Waals surface area contributed by atoms with Crippen LogP contribution in [0.15, 0.2) is 53.4 Å². The minimum atomic E-state index is -3.28. The number of nitrogens with zero attached hydrogens (tertiary/aromatic N) is 1. The molecule has 0 bridgehead atoms. The fraction of sp³-hybridized carbons (Fsp3) is 0.435. The van der Waals surface area contributed by atoms with Gasteiger partial charge in [0.15, 0.2) is 9.84 Å². The first-order valence-corrected chi connectivity index (χ1v) is 11.9. The number of hydrogen-bond acceptors (Lipinski definition) is 4. The molecule has 0 radical (unpaired) electrons. The molecule has 156 valence electrons. The number of sulfone groups is 1. The Morgan fingerprint density at radius 3 is 2.14 bits per heavy atom. The van der Waals surface area contributed by atoms with Crippen molar-refractivity contribution in [2.24, 2.45) is 0 Å². The quantitative estimate of drug-likeness (QED) is 0.700. The highest BCUT2D eigenvalue weighted by molar-refractivity contribution is 7.92. The van der Waals surface area contributed by atoms with Crippen molar-refractivity contribution in [1.29, 1.82) is 0 Å². The number of amides is 1. The molecule has 3 rings (SSSR count). The van der Waals surface area contributed by atoms with Crippen molar-refractivity contribution in [1.82, 2.24) is 0 Å². The molecule has 0 unspecified atom stereocenters. The fourth-order valence-electron chi connectivity index (χ4n) is 3.97. The van der Waals surface area contributed by atoms with Gasteiger partial charge in [-0.25, -0.2) is 8.42 Å². The third-order valence-electron chi connectivity index (χ3n) is 5.61. The van der Waals surface area contributed by atoms with E-state index in [4.69, 9.17) is 0 Å². The van der Waals surface area contributed by atoms with E-state index in [2.05, 4.69) is 31.0 Å². The Morgan fingerprint density at radius 2 is 1.62 bits per heavy atom. The van der Waals surface area contributed by atoms with Crippen LogP contribution in [0.25, 0.3) is 0 Å². The van der Waals surface area contributed by atoms with Gasteiger partial charge in [-0.2, -0.15) is 0 Å². The molecule has 1 aliphatic carbocycles. The first-order valence-electron chi connectivity index (χ1n) is 10.3. The lowest BCUT2D eigenvalue weighted by atomic mass is 10.1. The molecule has 0 saturated heterocycles. The molecule has 1 aliphatic rings. The molecule has 6 heteroatoms. The van der Waals surface area contributed by atoms with Crippen LogP contribution < -0.4 is 10.2 Å². The predicted octanol–water partition coefficient (Wildman–Crippen LogP) is 4.89. The minimum Gasteiger partial charge on any atom is -0.369 e. The van der Waals surface area contributed by atoms with Crippen molar-refractivity contribution in [3.8, 4) is 0 Å². The van der Waals surface area contributed by atoms with E-state index in [-0.39, 0.29) is 11.2 Å². The molecule has 2 aromatic rings. The number of carbonyl (C=O) groups is 1. The summed E-state index contributed by atoms with van der Waals surface area (Å²) in [6.45, 7) is 7.29. The highest BCUT2D eigenvalue weighted by Gasteiger charge is 2.30. The Hall–Kier alpha value is -2.34. The first kappa shape index (κ1) is 21.4. The standard InChI is InChI=1S/C23H30N2O3S/c1-4-25(17(2)3)20-13-9-18(10-14-20)23(26)24-19-11-15-22(16-12-19)29(27,28)21-7-5-6-8-21/h9-17,21H,4-8H2,1-3H3,(H,24,26). The zero-order chi connectivity index (χ0) is 21.0. The lowest BCUT2D eigenvalue weighted by molar-refractivity contribution is 0.102. The summed E-state index contributed by atoms with van der Waals surface area (Å²) in [5.74, 6) is -0.212. The van der Waals surface area contributed by atoms with Gasteiger partial charge in [0.2, 0.25) is 0 Å². The van der Waals surface area contributed by atoms with Gasteiger partial charge in [0.05, 0.1) is 10.1 Å². The van der Waals surface area contributed by atoms with Gasteiger partial charge in [0, 0.05) is 29.5 Å². The van der Waals surface area contributed by atoms with Crippen molar-refractivity contribution in [3.05, 3.63) is 54.1 Å². The van der Waals surface area contributed by atoms with E-state index in [1.165, 1.54) is 0 Å². The lowest BCUT2D eigenvalue weighted by Gasteiger charge is -2.27. The Balaban J connectivity index is 1.68. The van der Waals surface area contributed by atoms with E-state index in [0.717, 1.165) is 37.9 Å². The summed E-state index contributed by atoms with van der Waals surface area (Å²) in [6.07, 6.45) is 3.43. The highest BCUT2D eigenvalue weighted by Crippen LogP contribution is 2.30. The normalized spacial score (nSPS) is 14.9. The smallest absolute Gasteiger partial charge is 0.255 e. The third kappa shape index (κ3) is 4.81. The van der Waals surface area contributed by atoms with Crippen LogP contribution in [-0.4, -0.2) is 32.2 Å². The summed E-state index contributed by atoms with van der Waals surface area (Å²) in [4.78, 5) is 15.1. The van der Waals surface area contributed by atoms with E-state index < -0.39 is 9.84 Å². The molecule has 1 N–H and O–H groups in total. The second-order valence-electron chi connectivity index (χ2n) is 7.86. The van der Waals surface area contributed by atoms with Crippen LogP contribution in [0, 0.1) is 0 Å². The monoisotopic (exact) mass is 414 g/mol. The molecule has 0 spiro atoms. The third-order valence-corrected chi connectivity index (χ3v) is 7.89. The van der Waals surface area contributed by atoms with Crippen molar-refractivity contribution in [2.75, 3.05) is 16.8 Å². The SMILES string of the molecule is CCN(c1ccc(C(=O)Nc2ccc(S(=O)(=O)C3CCCC3)cc2)cc1)C(C)C. The van der Waals surface area contributed by atoms with Gasteiger partial charge in [-0.3, -0.25) is 4.79 Å². The van der Waals surface area contributed by atoms with E-state index in [1.54, 1.807) is 24.3 Å². The highest BCUT2D eigenvalue weighted by atomic mass is 32.2. The Kier molecular flexibility index (Phi) is 6.63. The van der Waals surface area contributed by atoms with Crippen LogP contribution in [0.3, 0.4) is 0 Å². The van der Waals surface area contributed by atoms with E-state index in [0.29, 0.717) is 22.2 Å². The van der Waals surface area contributed by atoms with Gasteiger partial charge in [-0.15, -0.1) is 0 Å². The molecule has 0 heterocycles. The van der Waals surface area contributed by atoms with Gasteiger partial charge in [0.1, 0.15) is 0 Å². The molecule has 5 nitrogen and oxygen atoms in total. The van der Waals surface area contributed by atoms with Crippen LogP contribution in [-0.2, 0) is 9.84 Å². The van der Waals surface area contributed by atoms with E-state index in [1.807, 2.05) is 24.3 Å². The summed E-state index contributed by atoms with van der Waals surface area (Å²) in [6, 6.07) is 14.4. The Bertz CT molecular complexity index is 929. The van der Waals surface area contributed by atoms with Gasteiger partial charge >= 0.3 is 0 Å². The van der Waals surface area contributed by atoms with Crippen LogP contribution in [0.5, 0.6) is 0 Å². The summed E-state index contributed by atoms with van der Waals surface area (Å²) in [5.41, 5.74) is 2.23. The second-order valence-corrected chi connectivity index (χ2v) is 10.1. The molecule has 1 fully saturated rings. The van der Waals surface area contributed by atoms with Crippen LogP contribution in [0.2, 0.25) is 0 Å². The maximum atomic E-state index is 12.7. The fourth-order valence-corrected chi connectivity index (χ4v) is 5.83. The van der Waals surface area contributed by atoms with Crippen molar-refractivity contribution in [2.45, 2.75) is 62.6 Å². The topological polar surface area (TPSA) is 66.5 Å². The zero-order valence-corrected chi connectivity index (χ0v) is 18.2. The van der Waals surface area contributed by atoms with Gasteiger partial charge < -0.3 is 10.2 Å². The lowest BCUT2D eigenvalue weighted by Crippen LogP contribution is -2.30. The zero-order valence-electron chi connectivity index (χ0n) is 17.4. The molecule has 0 aromatic heterocycles. The molecule has 1 amide bonds. The van der Waals surface area contributed by atoms with Crippen LogP contribution in [0.1, 0.15) is 56.8 Å². The molecule has 0 atom stereocenters. The average molecular weight is 415 g/mol. The summed E-state index contributed by atoms with van der Waals surface area (Å²) < 4.78 is 25.3. The van der Waals surface area contributed by atoms with Crippen LogP contribution in [0.4, 0.5) is 11.4 Å². The van der Waals surface area contributed by atoms with E-state index >= 15 is 0 Å². The minimum absolute atomic E-state index is 0.212. The Labute approximate surface area is 174 Å². The molecule has 2 aromatic carbocycles. The molecular weight excluding hydrogens is 384 g/mol. The van der Waals surface area contributed by atoms with Crippen molar-refractivity contribution in [3.63, 3.8) is 0 Å². The van der Waals surface area contributed by atoms with Crippen molar-refractivity contribution < 1.29 is 13.2 Å². The number of hydrogen-bond donors (Lipinski definition) is 1. The molecule has 1 saturated carbocycles. The number of rotatable bonds is 7.